The van der Waals surface area contributed by atoms with Gasteiger partial charge in [-0.15, -0.1) is 0 Å². The Morgan fingerprint density at radius 1 is 1.38 bits per heavy atom. The predicted molar refractivity (Wildman–Crippen MR) is 86.9 cm³/mol. The molecule has 2 rings (SSSR count). The van der Waals surface area contributed by atoms with Crippen LogP contribution >= 0.6 is 0 Å². The van der Waals surface area contributed by atoms with Crippen molar-refractivity contribution in [3.05, 3.63) is 29.3 Å². The van der Waals surface area contributed by atoms with Gasteiger partial charge in [0, 0.05) is 12.6 Å². The largest absolute Gasteiger partial charge is 0.497 e. The number of nitrogens with one attached hydrogen (secondary N) is 1. The summed E-state index contributed by atoms with van der Waals surface area (Å²) in [5.74, 6) is 1.44. The molecule has 2 atom stereocenters. The highest BCUT2D eigenvalue weighted by Crippen LogP contribution is 2.26. The molecule has 1 aromatic rings. The molecule has 3 nitrogen and oxygen atoms in total. The van der Waals surface area contributed by atoms with Gasteiger partial charge in [-0.1, -0.05) is 19.9 Å². The SMILES string of the molecule is COc1ccc2c(c1)CC(NCC(C)(O)CC(C)C)CC2. The maximum absolute atomic E-state index is 10.4. The maximum Gasteiger partial charge on any atom is 0.119 e. The fourth-order valence-corrected chi connectivity index (χ4v) is 3.35. The lowest BCUT2D eigenvalue weighted by molar-refractivity contribution is 0.0354. The van der Waals surface area contributed by atoms with E-state index in [2.05, 4.69) is 31.3 Å². The van der Waals surface area contributed by atoms with Crippen LogP contribution in [-0.4, -0.2) is 30.4 Å². The predicted octanol–water partition coefficient (Wildman–Crippen LogP) is 2.94. The standard InChI is InChI=1S/C18H29NO2/c1-13(2)11-18(3,20)12-19-16-7-5-14-6-8-17(21-4)10-15(14)9-16/h6,8,10,13,16,19-20H,5,7,9,11-12H2,1-4H3. The van der Waals surface area contributed by atoms with Gasteiger partial charge in [0.15, 0.2) is 0 Å². The highest BCUT2D eigenvalue weighted by Gasteiger charge is 2.25. The minimum Gasteiger partial charge on any atom is -0.497 e. The number of benzene rings is 1. The second-order valence-electron chi connectivity index (χ2n) is 7.05. The average molecular weight is 291 g/mol. The molecule has 1 aliphatic carbocycles. The van der Waals surface area contributed by atoms with E-state index in [0.29, 0.717) is 18.5 Å². The van der Waals surface area contributed by atoms with Gasteiger partial charge < -0.3 is 15.2 Å². The molecule has 0 fully saturated rings. The van der Waals surface area contributed by atoms with E-state index in [1.54, 1.807) is 7.11 Å². The molecule has 2 N–H and O–H groups in total. The normalized spacial score (nSPS) is 21.0. The van der Waals surface area contributed by atoms with Crippen molar-refractivity contribution in [1.29, 1.82) is 0 Å². The van der Waals surface area contributed by atoms with Crippen molar-refractivity contribution in [2.75, 3.05) is 13.7 Å². The Morgan fingerprint density at radius 3 is 2.81 bits per heavy atom. The zero-order valence-electron chi connectivity index (χ0n) is 13.8. The Kier molecular flexibility index (Phi) is 5.28. The van der Waals surface area contributed by atoms with Gasteiger partial charge in [0.1, 0.15) is 5.75 Å². The Bertz CT molecular complexity index is 468. The fourth-order valence-electron chi connectivity index (χ4n) is 3.35. The van der Waals surface area contributed by atoms with Crippen LogP contribution in [-0.2, 0) is 12.8 Å². The van der Waals surface area contributed by atoms with Gasteiger partial charge in [0.25, 0.3) is 0 Å². The number of aliphatic hydroxyl groups is 1. The van der Waals surface area contributed by atoms with Crippen LogP contribution in [0.1, 0.15) is 44.7 Å². The number of ether oxygens (including phenoxy) is 1. The van der Waals surface area contributed by atoms with E-state index < -0.39 is 5.60 Å². The molecule has 3 heteroatoms. The van der Waals surface area contributed by atoms with E-state index in [4.69, 9.17) is 4.74 Å². The summed E-state index contributed by atoms with van der Waals surface area (Å²) in [4.78, 5) is 0. The van der Waals surface area contributed by atoms with Crippen molar-refractivity contribution in [3.8, 4) is 5.75 Å². The van der Waals surface area contributed by atoms with Gasteiger partial charge in [-0.3, -0.25) is 0 Å². The molecule has 0 saturated heterocycles. The summed E-state index contributed by atoms with van der Waals surface area (Å²) in [7, 11) is 1.71. The molecule has 0 aliphatic heterocycles. The van der Waals surface area contributed by atoms with Crippen LogP contribution in [0.4, 0.5) is 0 Å². The summed E-state index contributed by atoms with van der Waals surface area (Å²) in [5, 5.41) is 14.0. The summed E-state index contributed by atoms with van der Waals surface area (Å²) in [6.07, 6.45) is 4.09. The van der Waals surface area contributed by atoms with Crippen molar-refractivity contribution in [2.45, 2.75) is 58.1 Å². The minimum atomic E-state index is -0.622. The Balaban J connectivity index is 1.92. The van der Waals surface area contributed by atoms with Gasteiger partial charge in [0.2, 0.25) is 0 Å². The van der Waals surface area contributed by atoms with Gasteiger partial charge in [-0.2, -0.15) is 0 Å². The van der Waals surface area contributed by atoms with E-state index in [1.807, 2.05) is 13.0 Å². The molecule has 1 aromatic carbocycles. The molecule has 0 amide bonds. The molecular formula is C18H29NO2. The number of rotatable bonds is 6. The third-order valence-corrected chi connectivity index (χ3v) is 4.26. The van der Waals surface area contributed by atoms with Crippen LogP contribution in [0.25, 0.3) is 0 Å². The van der Waals surface area contributed by atoms with Crippen LogP contribution < -0.4 is 10.1 Å². The van der Waals surface area contributed by atoms with E-state index in [0.717, 1.165) is 31.4 Å². The third-order valence-electron chi connectivity index (χ3n) is 4.26. The first-order valence-corrected chi connectivity index (χ1v) is 8.01. The number of fused-ring (bicyclic) bond motifs is 1. The minimum absolute atomic E-state index is 0.447. The summed E-state index contributed by atoms with van der Waals surface area (Å²) in [6, 6.07) is 6.82. The monoisotopic (exact) mass is 291 g/mol. The molecule has 0 saturated carbocycles. The van der Waals surface area contributed by atoms with Crippen LogP contribution in [0.3, 0.4) is 0 Å². The summed E-state index contributed by atoms with van der Waals surface area (Å²) in [5.41, 5.74) is 2.19. The molecule has 0 heterocycles. The number of hydrogen-bond donors (Lipinski definition) is 2. The van der Waals surface area contributed by atoms with Crippen LogP contribution in [0.2, 0.25) is 0 Å². The zero-order chi connectivity index (χ0) is 15.5. The third kappa shape index (κ3) is 4.72. The Labute approximate surface area is 128 Å². The lowest BCUT2D eigenvalue weighted by atomic mass is 9.87. The number of aryl methyl sites for hydroxylation is 1. The van der Waals surface area contributed by atoms with Crippen LogP contribution in [0, 0.1) is 5.92 Å². The van der Waals surface area contributed by atoms with Crippen molar-refractivity contribution in [2.24, 2.45) is 5.92 Å². The zero-order valence-corrected chi connectivity index (χ0v) is 13.8. The lowest BCUT2D eigenvalue weighted by Gasteiger charge is -2.31. The van der Waals surface area contributed by atoms with Crippen molar-refractivity contribution >= 4 is 0 Å². The van der Waals surface area contributed by atoms with E-state index >= 15 is 0 Å². The van der Waals surface area contributed by atoms with Crippen molar-refractivity contribution in [1.82, 2.24) is 5.32 Å². The quantitative estimate of drug-likeness (QED) is 0.847. The van der Waals surface area contributed by atoms with Crippen molar-refractivity contribution < 1.29 is 9.84 Å². The molecule has 118 valence electrons. The first-order chi connectivity index (χ1) is 9.89. The fraction of sp³-hybridized carbons (Fsp3) is 0.667. The smallest absolute Gasteiger partial charge is 0.119 e. The molecule has 1 aliphatic rings. The molecule has 0 bridgehead atoms. The molecule has 21 heavy (non-hydrogen) atoms. The van der Waals surface area contributed by atoms with E-state index in [9.17, 15) is 5.11 Å². The second kappa shape index (κ2) is 6.80. The topological polar surface area (TPSA) is 41.5 Å². The highest BCUT2D eigenvalue weighted by atomic mass is 16.5. The first kappa shape index (κ1) is 16.3. The van der Waals surface area contributed by atoms with Crippen molar-refractivity contribution in [3.63, 3.8) is 0 Å². The summed E-state index contributed by atoms with van der Waals surface area (Å²) in [6.45, 7) is 6.89. The molecule has 0 aromatic heterocycles. The average Bonchev–Trinajstić information content (AvgIpc) is 2.43. The lowest BCUT2D eigenvalue weighted by Crippen LogP contribution is -2.45. The van der Waals surface area contributed by atoms with Gasteiger partial charge >= 0.3 is 0 Å². The molecule has 2 unspecified atom stereocenters. The van der Waals surface area contributed by atoms with E-state index in [1.165, 1.54) is 11.1 Å². The number of methoxy groups -OCH3 is 1. The van der Waals surface area contributed by atoms with Gasteiger partial charge in [0.05, 0.1) is 12.7 Å². The summed E-state index contributed by atoms with van der Waals surface area (Å²) < 4.78 is 5.31. The van der Waals surface area contributed by atoms with E-state index in [-0.39, 0.29) is 0 Å². The highest BCUT2D eigenvalue weighted by molar-refractivity contribution is 5.37. The Morgan fingerprint density at radius 2 is 2.14 bits per heavy atom. The number of hydrogen-bond acceptors (Lipinski definition) is 3. The van der Waals surface area contributed by atoms with Gasteiger partial charge in [-0.25, -0.2) is 0 Å². The van der Waals surface area contributed by atoms with Crippen LogP contribution in [0.15, 0.2) is 18.2 Å². The molecule has 0 radical (unpaired) electrons. The first-order valence-electron chi connectivity index (χ1n) is 8.01. The summed E-state index contributed by atoms with van der Waals surface area (Å²) >= 11 is 0. The Hall–Kier alpha value is -1.06. The molecular weight excluding hydrogens is 262 g/mol. The second-order valence-corrected chi connectivity index (χ2v) is 7.05. The maximum atomic E-state index is 10.4. The van der Waals surface area contributed by atoms with Crippen LogP contribution in [0.5, 0.6) is 5.75 Å². The van der Waals surface area contributed by atoms with Gasteiger partial charge in [-0.05, 0) is 61.8 Å². The molecule has 0 spiro atoms.